The summed E-state index contributed by atoms with van der Waals surface area (Å²) in [7, 11) is 0. The molecule has 0 fully saturated rings. The van der Waals surface area contributed by atoms with Crippen LogP contribution in [0.25, 0.3) is 0 Å². The number of hydrogen-bond donors (Lipinski definition) is 1. The third-order valence-corrected chi connectivity index (χ3v) is 2.30. The van der Waals surface area contributed by atoms with Gasteiger partial charge in [-0.05, 0) is 44.2 Å². The SMILES string of the molecule is CC(C)Oc1ccc(NCc2ccoc2)cc1. The molecular formula is C14H17NO2. The largest absolute Gasteiger partial charge is 0.491 e. The molecule has 0 aliphatic heterocycles. The average Bonchev–Trinajstić information content (AvgIpc) is 2.80. The molecule has 0 saturated carbocycles. The van der Waals surface area contributed by atoms with Gasteiger partial charge in [-0.1, -0.05) is 0 Å². The summed E-state index contributed by atoms with van der Waals surface area (Å²) >= 11 is 0. The van der Waals surface area contributed by atoms with Crippen LogP contribution in [0.1, 0.15) is 19.4 Å². The molecule has 0 atom stereocenters. The van der Waals surface area contributed by atoms with Crippen molar-refractivity contribution in [1.82, 2.24) is 0 Å². The second-order valence-corrected chi connectivity index (χ2v) is 4.18. The van der Waals surface area contributed by atoms with Gasteiger partial charge in [0.15, 0.2) is 0 Å². The van der Waals surface area contributed by atoms with Gasteiger partial charge in [0.05, 0.1) is 18.6 Å². The monoisotopic (exact) mass is 231 g/mol. The normalized spacial score (nSPS) is 10.5. The number of ether oxygens (including phenoxy) is 1. The van der Waals surface area contributed by atoms with E-state index in [9.17, 15) is 0 Å². The number of nitrogens with one attached hydrogen (secondary N) is 1. The maximum Gasteiger partial charge on any atom is 0.119 e. The van der Waals surface area contributed by atoms with Crippen LogP contribution in [0.15, 0.2) is 47.3 Å². The zero-order valence-corrected chi connectivity index (χ0v) is 10.1. The van der Waals surface area contributed by atoms with Crippen molar-refractivity contribution in [2.75, 3.05) is 5.32 Å². The summed E-state index contributed by atoms with van der Waals surface area (Å²) in [6.45, 7) is 4.80. The smallest absolute Gasteiger partial charge is 0.119 e. The molecule has 0 unspecified atom stereocenters. The topological polar surface area (TPSA) is 34.4 Å². The lowest BCUT2D eigenvalue weighted by Crippen LogP contribution is -2.05. The number of rotatable bonds is 5. The van der Waals surface area contributed by atoms with Crippen LogP contribution in [0.2, 0.25) is 0 Å². The van der Waals surface area contributed by atoms with Gasteiger partial charge in [0.25, 0.3) is 0 Å². The minimum atomic E-state index is 0.208. The number of hydrogen-bond acceptors (Lipinski definition) is 3. The Hall–Kier alpha value is -1.90. The van der Waals surface area contributed by atoms with Crippen molar-refractivity contribution in [1.29, 1.82) is 0 Å². The van der Waals surface area contributed by atoms with Crippen LogP contribution < -0.4 is 10.1 Å². The van der Waals surface area contributed by atoms with Crippen molar-refractivity contribution in [3.05, 3.63) is 48.4 Å². The van der Waals surface area contributed by atoms with Crippen molar-refractivity contribution in [3.63, 3.8) is 0 Å². The van der Waals surface area contributed by atoms with Gasteiger partial charge in [-0.3, -0.25) is 0 Å². The van der Waals surface area contributed by atoms with E-state index < -0.39 is 0 Å². The standard InChI is InChI=1S/C14H17NO2/c1-11(2)17-14-5-3-13(4-6-14)15-9-12-7-8-16-10-12/h3-8,10-11,15H,9H2,1-2H3. The molecular weight excluding hydrogens is 214 g/mol. The number of benzene rings is 1. The summed E-state index contributed by atoms with van der Waals surface area (Å²) < 4.78 is 10.6. The Morgan fingerprint density at radius 3 is 2.53 bits per heavy atom. The van der Waals surface area contributed by atoms with Crippen LogP contribution >= 0.6 is 0 Å². The molecule has 3 heteroatoms. The average molecular weight is 231 g/mol. The van der Waals surface area contributed by atoms with Crippen LogP contribution in [-0.4, -0.2) is 6.10 Å². The molecule has 2 rings (SSSR count). The molecule has 0 spiro atoms. The lowest BCUT2D eigenvalue weighted by Gasteiger charge is -2.10. The van der Waals surface area contributed by atoms with Gasteiger partial charge >= 0.3 is 0 Å². The third-order valence-electron chi connectivity index (χ3n) is 2.30. The van der Waals surface area contributed by atoms with Gasteiger partial charge in [0.1, 0.15) is 5.75 Å². The lowest BCUT2D eigenvalue weighted by molar-refractivity contribution is 0.242. The molecule has 1 aromatic heterocycles. The van der Waals surface area contributed by atoms with Crippen molar-refractivity contribution in [2.24, 2.45) is 0 Å². The summed E-state index contributed by atoms with van der Waals surface area (Å²) in [6, 6.07) is 9.91. The Morgan fingerprint density at radius 1 is 1.18 bits per heavy atom. The van der Waals surface area contributed by atoms with Gasteiger partial charge < -0.3 is 14.5 Å². The highest BCUT2D eigenvalue weighted by molar-refractivity contribution is 5.46. The molecule has 1 heterocycles. The van der Waals surface area contributed by atoms with Gasteiger partial charge in [0.2, 0.25) is 0 Å². The first kappa shape index (κ1) is 11.6. The first-order valence-corrected chi connectivity index (χ1v) is 5.76. The van der Waals surface area contributed by atoms with E-state index in [-0.39, 0.29) is 6.10 Å². The summed E-state index contributed by atoms with van der Waals surface area (Å²) in [5.41, 5.74) is 2.20. The predicted molar refractivity (Wildman–Crippen MR) is 68.2 cm³/mol. The summed E-state index contributed by atoms with van der Waals surface area (Å²) in [4.78, 5) is 0. The fraction of sp³-hybridized carbons (Fsp3) is 0.286. The molecule has 0 bridgehead atoms. The first-order chi connectivity index (χ1) is 8.24. The van der Waals surface area contributed by atoms with Crippen molar-refractivity contribution >= 4 is 5.69 Å². The molecule has 3 nitrogen and oxygen atoms in total. The Kier molecular flexibility index (Phi) is 3.70. The van der Waals surface area contributed by atoms with E-state index in [0.717, 1.165) is 23.5 Å². The minimum absolute atomic E-state index is 0.208. The molecule has 1 aromatic carbocycles. The molecule has 0 radical (unpaired) electrons. The van der Waals surface area contributed by atoms with Gasteiger partial charge in [-0.15, -0.1) is 0 Å². The maximum absolute atomic E-state index is 5.58. The Morgan fingerprint density at radius 2 is 1.94 bits per heavy atom. The first-order valence-electron chi connectivity index (χ1n) is 5.76. The second kappa shape index (κ2) is 5.43. The Balaban J connectivity index is 1.89. The number of anilines is 1. The zero-order valence-electron chi connectivity index (χ0n) is 10.1. The zero-order chi connectivity index (χ0) is 12.1. The van der Waals surface area contributed by atoms with Crippen LogP contribution in [0.3, 0.4) is 0 Å². The fourth-order valence-corrected chi connectivity index (χ4v) is 1.52. The highest BCUT2D eigenvalue weighted by atomic mass is 16.5. The molecule has 1 N–H and O–H groups in total. The molecule has 2 aromatic rings. The third kappa shape index (κ3) is 3.55. The van der Waals surface area contributed by atoms with E-state index in [2.05, 4.69) is 5.32 Å². The van der Waals surface area contributed by atoms with Gasteiger partial charge in [-0.2, -0.15) is 0 Å². The summed E-state index contributed by atoms with van der Waals surface area (Å²) in [5, 5.41) is 3.31. The van der Waals surface area contributed by atoms with Gasteiger partial charge in [0, 0.05) is 17.8 Å². The fourth-order valence-electron chi connectivity index (χ4n) is 1.52. The minimum Gasteiger partial charge on any atom is -0.491 e. The van der Waals surface area contributed by atoms with Crippen LogP contribution in [-0.2, 0) is 6.54 Å². The van der Waals surface area contributed by atoms with Crippen molar-refractivity contribution in [3.8, 4) is 5.75 Å². The summed E-state index contributed by atoms with van der Waals surface area (Å²) in [6.07, 6.45) is 3.62. The highest BCUT2D eigenvalue weighted by Crippen LogP contribution is 2.17. The molecule has 17 heavy (non-hydrogen) atoms. The van der Waals surface area contributed by atoms with E-state index >= 15 is 0 Å². The van der Waals surface area contributed by atoms with E-state index in [0.29, 0.717) is 0 Å². The molecule has 90 valence electrons. The Bertz CT molecular complexity index is 432. The second-order valence-electron chi connectivity index (χ2n) is 4.18. The van der Waals surface area contributed by atoms with E-state index in [1.54, 1.807) is 12.5 Å². The predicted octanol–water partition coefficient (Wildman–Crippen LogP) is 3.68. The van der Waals surface area contributed by atoms with E-state index in [1.165, 1.54) is 0 Å². The van der Waals surface area contributed by atoms with Crippen LogP contribution in [0.5, 0.6) is 5.75 Å². The van der Waals surface area contributed by atoms with E-state index in [4.69, 9.17) is 9.15 Å². The number of furan rings is 1. The van der Waals surface area contributed by atoms with Crippen molar-refractivity contribution in [2.45, 2.75) is 26.5 Å². The van der Waals surface area contributed by atoms with Crippen LogP contribution in [0.4, 0.5) is 5.69 Å². The van der Waals surface area contributed by atoms with E-state index in [1.807, 2.05) is 44.2 Å². The van der Waals surface area contributed by atoms with Crippen molar-refractivity contribution < 1.29 is 9.15 Å². The lowest BCUT2D eigenvalue weighted by atomic mass is 10.2. The molecule has 0 saturated heterocycles. The Labute approximate surface area is 101 Å². The maximum atomic E-state index is 5.58. The quantitative estimate of drug-likeness (QED) is 0.852. The van der Waals surface area contributed by atoms with Gasteiger partial charge in [-0.25, -0.2) is 0 Å². The molecule has 0 amide bonds. The molecule has 0 aliphatic rings. The highest BCUT2D eigenvalue weighted by Gasteiger charge is 1.98. The molecule has 0 aliphatic carbocycles. The summed E-state index contributed by atoms with van der Waals surface area (Å²) in [5.74, 6) is 0.897. The van der Waals surface area contributed by atoms with Crippen LogP contribution in [0, 0.1) is 0 Å².